The Bertz CT molecular complexity index is 3930. The number of aromatic nitrogens is 10. The molecule has 0 saturated heterocycles. The number of carbonyl (C=O) groups excluding carboxylic acids is 4. The smallest absolute Gasteiger partial charge is 1.00 e. The molecule has 0 spiro atoms. The molecule has 0 aromatic carbocycles. The molecular weight excluding hydrogens is 1450 g/mol. The third-order valence-corrected chi connectivity index (χ3v) is 13.2. The summed E-state index contributed by atoms with van der Waals surface area (Å²) in [6.45, 7) is 4.48. The summed E-state index contributed by atoms with van der Waals surface area (Å²) in [6.07, 6.45) is 36.9. The summed E-state index contributed by atoms with van der Waals surface area (Å²) in [7, 11) is -7.33. The van der Waals surface area contributed by atoms with E-state index in [1.54, 1.807) is 145 Å². The first-order valence-corrected chi connectivity index (χ1v) is 30.7. The maximum absolute atomic E-state index is 11.5. The van der Waals surface area contributed by atoms with E-state index in [0.717, 1.165) is 44.5 Å². The Labute approximate surface area is 653 Å². The maximum Gasteiger partial charge on any atom is 1.00 e. The van der Waals surface area contributed by atoms with Crippen molar-refractivity contribution in [3.8, 4) is 55.6 Å². The number of nitrogens with zero attached hydrogens (tertiary/aromatic N) is 10. The van der Waals surface area contributed by atoms with Crippen LogP contribution in [0.5, 0.6) is 0 Å². The fraction of sp³-hybridized carbons (Fsp3) is 0.194. The molecule has 38 heteroatoms. The number of pyridine rings is 10. The van der Waals surface area contributed by atoms with Crippen molar-refractivity contribution in [2.24, 2.45) is 0 Å². The fourth-order valence-electron chi connectivity index (χ4n) is 8.69. The molecule has 0 fully saturated rings. The molecule has 0 bridgehead atoms. The van der Waals surface area contributed by atoms with Crippen molar-refractivity contribution < 1.29 is 188 Å². The monoisotopic (exact) mass is 1530 g/mol. The maximum atomic E-state index is 11.5. The van der Waals surface area contributed by atoms with Crippen LogP contribution in [0.25, 0.3) is 55.6 Å². The molecule has 0 saturated carbocycles. The third-order valence-electron chi connectivity index (χ3n) is 13.2. The number of carboxylic acid groups (broad SMARTS) is 5. The molecule has 0 aliphatic carbocycles. The molecule has 0 radical (unpaired) electrons. The molecule has 10 aromatic rings. The molecule has 10 rings (SSSR count). The van der Waals surface area contributed by atoms with Crippen molar-refractivity contribution in [3.05, 3.63) is 245 Å². The molecule has 110 heavy (non-hydrogen) atoms. The normalized spacial score (nSPS) is 9.24. The number of esters is 2. The van der Waals surface area contributed by atoms with Gasteiger partial charge in [-0.1, -0.05) is 14.9 Å². The van der Waals surface area contributed by atoms with Crippen LogP contribution in [0.4, 0.5) is 25.9 Å². The zero-order valence-electron chi connectivity index (χ0n) is 58.5. The van der Waals surface area contributed by atoms with E-state index in [2.05, 4.69) is 9.97 Å². The summed E-state index contributed by atoms with van der Waals surface area (Å²) in [5.74, 6) is -5.20. The van der Waals surface area contributed by atoms with Gasteiger partial charge in [0.25, 0.3) is 0 Å². The van der Waals surface area contributed by atoms with Crippen LogP contribution in [-0.2, 0) is 100 Å². The topological polar surface area (TPSA) is 346 Å². The number of halogens is 8. The van der Waals surface area contributed by atoms with Gasteiger partial charge in [0.05, 0.1) is 19.8 Å². The van der Waals surface area contributed by atoms with Crippen LogP contribution in [0.1, 0.15) is 28.7 Å². The van der Waals surface area contributed by atoms with E-state index >= 15 is 0 Å². The van der Waals surface area contributed by atoms with Gasteiger partial charge >= 0.3 is 88.6 Å². The van der Waals surface area contributed by atoms with Gasteiger partial charge in [0.1, 0.15) is 5.97 Å². The van der Waals surface area contributed by atoms with Gasteiger partial charge < -0.3 is 59.5 Å². The molecular formula is C72H79B2F8Li2N10O16+5. The van der Waals surface area contributed by atoms with Gasteiger partial charge in [-0.2, -0.15) is 38.3 Å². The van der Waals surface area contributed by atoms with Gasteiger partial charge in [-0.3, -0.25) is 35.9 Å². The van der Waals surface area contributed by atoms with E-state index in [1.807, 2.05) is 152 Å². The minimum absolute atomic E-state index is 0. The van der Waals surface area contributed by atoms with Gasteiger partial charge in [-0.25, -0.2) is 33.3 Å². The van der Waals surface area contributed by atoms with E-state index in [-0.39, 0.29) is 132 Å². The number of carbonyl (C=O) groups is 7. The molecule has 0 amide bonds. The van der Waals surface area contributed by atoms with Crippen LogP contribution >= 0.6 is 0 Å². The van der Waals surface area contributed by atoms with Gasteiger partial charge in [0.15, 0.2) is 106 Å². The van der Waals surface area contributed by atoms with Crippen LogP contribution in [0.2, 0.25) is 0 Å². The van der Waals surface area contributed by atoms with E-state index in [9.17, 15) is 69.4 Å². The average molecular weight is 1530 g/mol. The number of carboxylic acids is 5. The number of ether oxygens (including phenoxy) is 2. The molecule has 0 aliphatic rings. The van der Waals surface area contributed by atoms with Gasteiger partial charge in [0, 0.05) is 122 Å². The summed E-state index contributed by atoms with van der Waals surface area (Å²) in [5.41, 5.74) is 10.1. The summed E-state index contributed by atoms with van der Waals surface area (Å²) in [6, 6.07) is 37.6. The molecule has 10 heterocycles. The Morgan fingerprint density at radius 2 is 0.518 bits per heavy atom. The summed E-state index contributed by atoms with van der Waals surface area (Å²) in [4.78, 5) is 93.8. The minimum atomic E-state index is -3.67. The van der Waals surface area contributed by atoms with E-state index < -0.39 is 44.9 Å². The van der Waals surface area contributed by atoms with Gasteiger partial charge in [-0.15, -0.1) is 0 Å². The quantitative estimate of drug-likeness (QED) is 0.0152. The standard InChI is InChI=1S/C18H22N2O4.2C14H12N2O4.C14H12N2O3.C10H8N2.2CH4.2BF3.2FH.2Li.H2O/c1-3-23-17(21)13-19-9-5-15(6-10-19)16-7-11-20(12-8-16)14-18(22)24-4-2;2*17-13(18)9-15-5-1-11(2-6-15)12-3-7-16(8-4-12)10-14(19)20;17-10-9-15-5-1-12(2-6-15)13-3-7-16(8-4-13)11-14(18)19;1-5-11-6-2-9(1)10-3-7-12-8-4-10;;;2*2-1(3)4;;;;;/h5-12H,3-4,13-14H2,1-2H3;2*1-8H,9-10H2;1-8H,9,11H2;1-8H;2*1H4;;;2*1H;;;1H2/q+2;;;;;;;;;;;2*+1;/p+1. The first kappa shape index (κ1) is 105. The van der Waals surface area contributed by atoms with Crippen LogP contribution in [0.3, 0.4) is 0 Å². The number of aliphatic carboxylic acids is 5. The van der Waals surface area contributed by atoms with E-state index in [0.29, 0.717) is 13.2 Å². The average Bonchev–Trinajstić information content (AvgIpc) is 0.873. The van der Waals surface area contributed by atoms with Crippen LogP contribution < -0.4 is 88.8 Å². The SMILES string of the molecule is C.C.CCOC(=O)C[n+]1ccc(-c2cc[n+](CC(=O)OCC)cc2)cc1.FB(F)F.FB(F)F.O=C(O)C[n+]1ccc(-c2cc[n+](CC(=O)O)cc2)cc1.O=C(O)C[n+]1ccc(-c2cc[n+](CC(=O)O)cc2)cc1.O=[C-]C[n+]1ccc(-c2cc[n+](CC(=O)[O-])cc2)cc1.[F-].[F-].[Li+].[Li+].[OH-].c1cc(-c2ccncc2)ccn1. The molecule has 572 valence electrons. The Balaban J connectivity index is -0.000000618. The second-order valence-electron chi connectivity index (χ2n) is 20.7. The molecule has 26 nitrogen and oxygen atoms in total. The Kier molecular flexibility index (Phi) is 55.4. The van der Waals surface area contributed by atoms with Crippen molar-refractivity contribution in [1.82, 2.24) is 9.97 Å². The predicted octanol–water partition coefficient (Wildman–Crippen LogP) is -6.95. The molecule has 0 aliphatic heterocycles. The molecule has 0 unspecified atom stereocenters. The zero-order chi connectivity index (χ0) is 75.5. The zero-order valence-corrected chi connectivity index (χ0v) is 58.5. The molecule has 10 aromatic heterocycles. The largest absolute Gasteiger partial charge is 1.00 e. The van der Waals surface area contributed by atoms with Crippen molar-refractivity contribution in [3.63, 3.8) is 0 Å². The van der Waals surface area contributed by atoms with Gasteiger partial charge in [-0.05, 0) is 93.7 Å². The van der Waals surface area contributed by atoms with Crippen molar-refractivity contribution in [1.29, 1.82) is 0 Å². The van der Waals surface area contributed by atoms with Gasteiger partial charge in [0.2, 0.25) is 39.3 Å². The third kappa shape index (κ3) is 43.7. The second kappa shape index (κ2) is 58.3. The predicted molar refractivity (Wildman–Crippen MR) is 365 cm³/mol. The van der Waals surface area contributed by atoms with Crippen LogP contribution in [-0.4, -0.2) is 112 Å². The summed E-state index contributed by atoms with van der Waals surface area (Å²) < 4.78 is 80.9. The summed E-state index contributed by atoms with van der Waals surface area (Å²) >= 11 is 0. The van der Waals surface area contributed by atoms with Crippen LogP contribution in [0, 0.1) is 0 Å². The fourth-order valence-corrected chi connectivity index (χ4v) is 8.69. The van der Waals surface area contributed by atoms with Crippen molar-refractivity contribution >= 4 is 63.2 Å². The number of hydrogen-bond acceptors (Lipinski definition) is 14. The van der Waals surface area contributed by atoms with Crippen molar-refractivity contribution in [2.45, 2.75) is 81.1 Å². The van der Waals surface area contributed by atoms with E-state index in [1.165, 1.54) is 15.7 Å². The first-order valence-electron chi connectivity index (χ1n) is 30.7. The molecule has 0 atom stereocenters. The first-order chi connectivity index (χ1) is 49.3. The second-order valence-corrected chi connectivity index (χ2v) is 20.7. The van der Waals surface area contributed by atoms with Crippen molar-refractivity contribution in [2.75, 3.05) is 13.2 Å². The molecule has 5 N–H and O–H groups in total. The number of hydrogen-bond donors (Lipinski definition) is 4. The minimum Gasteiger partial charge on any atom is -1.00 e. The summed E-state index contributed by atoms with van der Waals surface area (Å²) in [5, 5.41) is 45.2. The Hall–Kier alpha value is -11.8. The number of rotatable bonds is 23. The van der Waals surface area contributed by atoms with Crippen LogP contribution in [0.15, 0.2) is 245 Å². The van der Waals surface area contributed by atoms with E-state index in [4.69, 9.17) is 29.9 Å². The Morgan fingerprint density at radius 3 is 0.682 bits per heavy atom. The Morgan fingerprint density at radius 1 is 0.355 bits per heavy atom.